The van der Waals surface area contributed by atoms with Gasteiger partial charge in [-0.25, -0.2) is 9.18 Å². The Hall–Kier alpha value is -1.64. The fourth-order valence-corrected chi connectivity index (χ4v) is 4.16. The Labute approximate surface area is 131 Å². The Morgan fingerprint density at radius 2 is 2.05 bits per heavy atom. The van der Waals surface area contributed by atoms with E-state index in [-0.39, 0.29) is 11.7 Å². The summed E-state index contributed by atoms with van der Waals surface area (Å²) in [5.74, 6) is -0.423. The van der Waals surface area contributed by atoms with Crippen molar-refractivity contribution >= 4 is 5.97 Å². The topological polar surface area (TPSA) is 26.3 Å². The molecule has 1 unspecified atom stereocenters. The predicted octanol–water partition coefficient (Wildman–Crippen LogP) is 4.67. The third-order valence-electron chi connectivity index (χ3n) is 5.16. The fraction of sp³-hybridized carbons (Fsp3) is 0.526. The van der Waals surface area contributed by atoms with E-state index in [4.69, 9.17) is 4.74 Å². The summed E-state index contributed by atoms with van der Waals surface area (Å²) in [6.07, 6.45) is 6.74. The molecule has 1 saturated carbocycles. The van der Waals surface area contributed by atoms with Crippen molar-refractivity contribution in [2.75, 3.05) is 0 Å². The van der Waals surface area contributed by atoms with Crippen LogP contribution < -0.4 is 0 Å². The van der Waals surface area contributed by atoms with Crippen LogP contribution in [0.15, 0.2) is 30.4 Å². The highest BCUT2D eigenvalue weighted by atomic mass is 19.1. The van der Waals surface area contributed by atoms with Gasteiger partial charge in [0.1, 0.15) is 11.4 Å². The molecule has 0 amide bonds. The minimum absolute atomic E-state index is 0.215. The summed E-state index contributed by atoms with van der Waals surface area (Å²) in [6.45, 7) is 5.34. The summed E-state index contributed by atoms with van der Waals surface area (Å²) >= 11 is 0. The summed E-state index contributed by atoms with van der Waals surface area (Å²) in [5.41, 5.74) is 1.20. The highest BCUT2D eigenvalue weighted by molar-refractivity contribution is 5.87. The van der Waals surface area contributed by atoms with Crippen molar-refractivity contribution in [3.63, 3.8) is 0 Å². The first kappa shape index (κ1) is 15.3. The molecule has 0 aliphatic heterocycles. The molecule has 0 spiro atoms. The predicted molar refractivity (Wildman–Crippen MR) is 83.9 cm³/mol. The molecule has 1 fully saturated rings. The van der Waals surface area contributed by atoms with Gasteiger partial charge >= 0.3 is 5.97 Å². The van der Waals surface area contributed by atoms with Crippen molar-refractivity contribution in [2.24, 2.45) is 5.92 Å². The van der Waals surface area contributed by atoms with E-state index >= 15 is 0 Å². The average Bonchev–Trinajstić information content (AvgIpc) is 3.02. The SMILES string of the molecule is C=C(C)C(=O)OC1(C2CCCC2)CCCc2cccc(F)c21. The number of benzene rings is 1. The Balaban J connectivity index is 2.11. The molecule has 1 aromatic carbocycles. The van der Waals surface area contributed by atoms with Crippen LogP contribution in [0.3, 0.4) is 0 Å². The lowest BCUT2D eigenvalue weighted by Crippen LogP contribution is -2.43. The second kappa shape index (κ2) is 5.86. The lowest BCUT2D eigenvalue weighted by molar-refractivity contribution is -0.166. The van der Waals surface area contributed by atoms with Crippen molar-refractivity contribution in [2.45, 2.75) is 57.5 Å². The summed E-state index contributed by atoms with van der Waals surface area (Å²) in [6, 6.07) is 5.21. The standard InChI is InChI=1S/C19H23FO2/c1-13(2)18(21)22-19(15-9-3-4-10-15)12-6-8-14-7-5-11-16(20)17(14)19/h5,7,11,15H,1,3-4,6,8-10,12H2,2H3. The molecule has 0 N–H and O–H groups in total. The first-order valence-electron chi connectivity index (χ1n) is 8.21. The zero-order valence-corrected chi connectivity index (χ0v) is 13.2. The largest absolute Gasteiger partial charge is 0.450 e. The molecule has 0 heterocycles. The van der Waals surface area contributed by atoms with Crippen molar-refractivity contribution in [1.29, 1.82) is 0 Å². The zero-order valence-electron chi connectivity index (χ0n) is 13.2. The Kier molecular flexibility index (Phi) is 4.07. The molecule has 3 heteroatoms. The number of carbonyl (C=O) groups excluding carboxylic acids is 1. The minimum Gasteiger partial charge on any atom is -0.450 e. The summed E-state index contributed by atoms with van der Waals surface area (Å²) in [4.78, 5) is 12.2. The molecule has 0 aromatic heterocycles. The molecule has 0 bridgehead atoms. The maximum atomic E-state index is 14.7. The minimum atomic E-state index is -0.800. The Morgan fingerprint density at radius 1 is 1.32 bits per heavy atom. The van der Waals surface area contributed by atoms with Crippen LogP contribution >= 0.6 is 0 Å². The van der Waals surface area contributed by atoms with Crippen LogP contribution in [0.5, 0.6) is 0 Å². The zero-order chi connectivity index (χ0) is 15.7. The molecular weight excluding hydrogens is 279 g/mol. The van der Waals surface area contributed by atoms with Crippen molar-refractivity contribution in [1.82, 2.24) is 0 Å². The molecular formula is C19H23FO2. The van der Waals surface area contributed by atoms with Crippen LogP contribution in [0.25, 0.3) is 0 Å². The van der Waals surface area contributed by atoms with Crippen LogP contribution in [0.2, 0.25) is 0 Å². The molecule has 118 valence electrons. The first-order valence-corrected chi connectivity index (χ1v) is 8.21. The first-order chi connectivity index (χ1) is 10.5. The number of ether oxygens (including phenoxy) is 1. The smallest absolute Gasteiger partial charge is 0.334 e. The number of esters is 1. The lowest BCUT2D eigenvalue weighted by atomic mass is 9.70. The van der Waals surface area contributed by atoms with Crippen LogP contribution in [0.1, 0.15) is 56.6 Å². The number of hydrogen-bond donors (Lipinski definition) is 0. The molecule has 2 aliphatic carbocycles. The summed E-state index contributed by atoms with van der Waals surface area (Å²) in [5, 5.41) is 0. The number of carbonyl (C=O) groups is 1. The molecule has 22 heavy (non-hydrogen) atoms. The van der Waals surface area contributed by atoms with Crippen molar-refractivity contribution in [3.05, 3.63) is 47.3 Å². The number of aryl methyl sites for hydroxylation is 1. The molecule has 2 nitrogen and oxygen atoms in total. The fourth-order valence-electron chi connectivity index (χ4n) is 4.16. The number of halogens is 1. The maximum absolute atomic E-state index is 14.7. The summed E-state index contributed by atoms with van der Waals surface area (Å²) in [7, 11) is 0. The van der Waals surface area contributed by atoms with E-state index in [1.807, 2.05) is 6.07 Å². The van der Waals surface area contributed by atoms with Gasteiger partial charge in [-0.15, -0.1) is 0 Å². The third kappa shape index (κ3) is 2.47. The van der Waals surface area contributed by atoms with Crippen LogP contribution in [-0.4, -0.2) is 5.97 Å². The van der Waals surface area contributed by atoms with Gasteiger partial charge in [-0.1, -0.05) is 31.6 Å². The van der Waals surface area contributed by atoms with Gasteiger partial charge in [0.2, 0.25) is 0 Å². The normalized spacial score (nSPS) is 24.8. The van der Waals surface area contributed by atoms with Gasteiger partial charge < -0.3 is 4.74 Å². The quantitative estimate of drug-likeness (QED) is 0.599. The number of rotatable bonds is 3. The monoisotopic (exact) mass is 302 g/mol. The molecule has 1 atom stereocenters. The van der Waals surface area contributed by atoms with E-state index < -0.39 is 11.6 Å². The van der Waals surface area contributed by atoms with Gasteiger partial charge in [-0.2, -0.15) is 0 Å². The molecule has 0 radical (unpaired) electrons. The van der Waals surface area contributed by atoms with E-state index in [1.54, 1.807) is 13.0 Å². The van der Waals surface area contributed by atoms with Gasteiger partial charge in [-0.3, -0.25) is 0 Å². The van der Waals surface area contributed by atoms with Gasteiger partial charge in [0.05, 0.1) is 0 Å². The van der Waals surface area contributed by atoms with E-state index in [0.717, 1.165) is 44.1 Å². The number of hydrogen-bond acceptors (Lipinski definition) is 2. The molecule has 1 aromatic rings. The van der Waals surface area contributed by atoms with Crippen molar-refractivity contribution < 1.29 is 13.9 Å². The van der Waals surface area contributed by atoms with E-state index in [2.05, 4.69) is 6.58 Å². The van der Waals surface area contributed by atoms with Gasteiger partial charge in [-0.05, 0) is 50.7 Å². The van der Waals surface area contributed by atoms with E-state index in [1.165, 1.54) is 6.07 Å². The summed E-state index contributed by atoms with van der Waals surface area (Å²) < 4.78 is 20.6. The molecule has 3 rings (SSSR count). The highest BCUT2D eigenvalue weighted by Gasteiger charge is 2.49. The molecule has 2 aliphatic rings. The van der Waals surface area contributed by atoms with Crippen LogP contribution in [-0.2, 0) is 21.6 Å². The van der Waals surface area contributed by atoms with Gasteiger partial charge in [0.25, 0.3) is 0 Å². The highest BCUT2D eigenvalue weighted by Crippen LogP contribution is 2.50. The van der Waals surface area contributed by atoms with Gasteiger partial charge in [0, 0.05) is 17.1 Å². The Bertz CT molecular complexity index is 601. The Morgan fingerprint density at radius 3 is 2.73 bits per heavy atom. The number of fused-ring (bicyclic) bond motifs is 1. The second-order valence-corrected chi connectivity index (χ2v) is 6.67. The lowest BCUT2D eigenvalue weighted by Gasteiger charge is -2.43. The molecule has 0 saturated heterocycles. The van der Waals surface area contributed by atoms with Crippen LogP contribution in [0.4, 0.5) is 4.39 Å². The van der Waals surface area contributed by atoms with E-state index in [9.17, 15) is 9.18 Å². The maximum Gasteiger partial charge on any atom is 0.334 e. The van der Waals surface area contributed by atoms with Gasteiger partial charge in [0.15, 0.2) is 0 Å². The second-order valence-electron chi connectivity index (χ2n) is 6.67. The van der Waals surface area contributed by atoms with Crippen LogP contribution in [0, 0.1) is 11.7 Å². The third-order valence-corrected chi connectivity index (χ3v) is 5.16. The van der Waals surface area contributed by atoms with Crippen molar-refractivity contribution in [3.8, 4) is 0 Å². The average molecular weight is 302 g/mol. The van der Waals surface area contributed by atoms with E-state index in [0.29, 0.717) is 17.6 Å².